The lowest BCUT2D eigenvalue weighted by molar-refractivity contribution is -0.952. The second-order valence-corrected chi connectivity index (χ2v) is 4.47. The number of ether oxygens (including phenoxy) is 1. The standard InChI is InChI=1S/C12H28NO/c1-6-8-10-13(4,11-9-7-2)12(3)14-5/h12H,6-11H2,1-5H3/q+1. The van der Waals surface area contributed by atoms with Gasteiger partial charge in [0.15, 0.2) is 6.23 Å². The van der Waals surface area contributed by atoms with Crippen molar-refractivity contribution in [2.24, 2.45) is 0 Å². The largest absolute Gasteiger partial charge is 0.333 e. The molecule has 0 aliphatic carbocycles. The molecule has 1 unspecified atom stereocenters. The van der Waals surface area contributed by atoms with E-state index in [0.717, 1.165) is 4.48 Å². The van der Waals surface area contributed by atoms with Crippen LogP contribution in [0.4, 0.5) is 0 Å². The van der Waals surface area contributed by atoms with E-state index in [-0.39, 0.29) is 0 Å². The van der Waals surface area contributed by atoms with Crippen LogP contribution in [-0.2, 0) is 4.74 Å². The molecule has 0 N–H and O–H groups in total. The van der Waals surface area contributed by atoms with Crippen LogP contribution < -0.4 is 0 Å². The van der Waals surface area contributed by atoms with Crippen LogP contribution in [0.5, 0.6) is 0 Å². The first-order valence-electron chi connectivity index (χ1n) is 5.97. The Kier molecular flexibility index (Phi) is 7.20. The highest BCUT2D eigenvalue weighted by Gasteiger charge is 2.27. The van der Waals surface area contributed by atoms with E-state index in [2.05, 4.69) is 27.8 Å². The molecule has 0 fully saturated rings. The lowest BCUT2D eigenvalue weighted by Gasteiger charge is -2.39. The summed E-state index contributed by atoms with van der Waals surface area (Å²) >= 11 is 0. The molecule has 0 aromatic rings. The van der Waals surface area contributed by atoms with Crippen LogP contribution in [0.15, 0.2) is 0 Å². The monoisotopic (exact) mass is 202 g/mol. The second kappa shape index (κ2) is 7.24. The van der Waals surface area contributed by atoms with Gasteiger partial charge in [0.1, 0.15) is 0 Å². The molecule has 0 aliphatic heterocycles. The molecule has 0 radical (unpaired) electrons. The van der Waals surface area contributed by atoms with Crippen molar-refractivity contribution >= 4 is 0 Å². The number of quaternary nitrogens is 1. The maximum atomic E-state index is 5.48. The zero-order valence-electron chi connectivity index (χ0n) is 10.7. The summed E-state index contributed by atoms with van der Waals surface area (Å²) in [6.45, 7) is 9.17. The lowest BCUT2D eigenvalue weighted by Crippen LogP contribution is -2.52. The van der Waals surface area contributed by atoms with E-state index < -0.39 is 0 Å². The first kappa shape index (κ1) is 13.9. The Hall–Kier alpha value is -0.0800. The molecule has 2 nitrogen and oxygen atoms in total. The van der Waals surface area contributed by atoms with Gasteiger partial charge in [0, 0.05) is 14.0 Å². The summed E-state index contributed by atoms with van der Waals surface area (Å²) in [5.41, 5.74) is 0. The summed E-state index contributed by atoms with van der Waals surface area (Å²) in [6, 6.07) is 0. The first-order valence-corrected chi connectivity index (χ1v) is 5.97. The van der Waals surface area contributed by atoms with Crippen LogP contribution >= 0.6 is 0 Å². The van der Waals surface area contributed by atoms with Gasteiger partial charge in [-0.25, -0.2) is 0 Å². The Morgan fingerprint density at radius 1 is 1.07 bits per heavy atom. The van der Waals surface area contributed by atoms with E-state index in [4.69, 9.17) is 4.74 Å². The highest BCUT2D eigenvalue weighted by Crippen LogP contribution is 2.14. The zero-order chi connectivity index (χ0) is 11.0. The highest BCUT2D eigenvalue weighted by atomic mass is 16.5. The first-order chi connectivity index (χ1) is 6.60. The van der Waals surface area contributed by atoms with E-state index >= 15 is 0 Å². The number of nitrogens with zero attached hydrogens (tertiary/aromatic N) is 1. The van der Waals surface area contributed by atoms with Gasteiger partial charge in [0.25, 0.3) is 0 Å². The maximum absolute atomic E-state index is 5.48. The fourth-order valence-corrected chi connectivity index (χ4v) is 1.77. The normalized spacial score (nSPS) is 14.4. The van der Waals surface area contributed by atoms with E-state index in [1.807, 2.05) is 7.11 Å². The van der Waals surface area contributed by atoms with Gasteiger partial charge in [0.2, 0.25) is 0 Å². The minimum atomic E-state index is 0.327. The van der Waals surface area contributed by atoms with Crippen LogP contribution in [0.3, 0.4) is 0 Å². The summed E-state index contributed by atoms with van der Waals surface area (Å²) in [5, 5.41) is 0. The van der Waals surface area contributed by atoms with Gasteiger partial charge >= 0.3 is 0 Å². The average Bonchev–Trinajstić information content (AvgIpc) is 2.22. The molecular weight excluding hydrogens is 174 g/mol. The third-order valence-electron chi connectivity index (χ3n) is 3.26. The summed E-state index contributed by atoms with van der Waals surface area (Å²) in [5.74, 6) is 0. The minimum Gasteiger partial charge on any atom is -0.333 e. The number of methoxy groups -OCH3 is 1. The number of hydrogen-bond donors (Lipinski definition) is 0. The molecule has 2 heteroatoms. The van der Waals surface area contributed by atoms with Crippen LogP contribution in [0.1, 0.15) is 46.5 Å². The molecule has 0 aromatic heterocycles. The molecule has 0 heterocycles. The molecule has 86 valence electrons. The van der Waals surface area contributed by atoms with Crippen molar-refractivity contribution < 1.29 is 9.22 Å². The maximum Gasteiger partial charge on any atom is 0.189 e. The van der Waals surface area contributed by atoms with Crippen molar-refractivity contribution in [3.05, 3.63) is 0 Å². The van der Waals surface area contributed by atoms with Crippen molar-refractivity contribution in [2.75, 3.05) is 27.2 Å². The molecule has 0 saturated carbocycles. The molecule has 0 spiro atoms. The van der Waals surface area contributed by atoms with Gasteiger partial charge in [-0.05, 0) is 12.8 Å². The number of unbranched alkanes of at least 4 members (excludes halogenated alkanes) is 2. The number of hydrogen-bond acceptors (Lipinski definition) is 1. The van der Waals surface area contributed by atoms with Crippen molar-refractivity contribution in [1.29, 1.82) is 0 Å². The smallest absolute Gasteiger partial charge is 0.189 e. The lowest BCUT2D eigenvalue weighted by atomic mass is 10.2. The third-order valence-corrected chi connectivity index (χ3v) is 3.26. The van der Waals surface area contributed by atoms with Gasteiger partial charge in [-0.2, -0.15) is 0 Å². The Morgan fingerprint density at radius 2 is 1.50 bits per heavy atom. The van der Waals surface area contributed by atoms with Crippen molar-refractivity contribution in [2.45, 2.75) is 52.7 Å². The van der Waals surface area contributed by atoms with Crippen LogP contribution in [-0.4, -0.2) is 38.0 Å². The molecule has 0 amide bonds. The Labute approximate surface area is 89.8 Å². The molecule has 0 saturated heterocycles. The Morgan fingerprint density at radius 3 is 1.79 bits per heavy atom. The van der Waals surface area contributed by atoms with E-state index in [1.54, 1.807) is 0 Å². The quantitative estimate of drug-likeness (QED) is 0.434. The molecule has 0 aliphatic rings. The molecule has 14 heavy (non-hydrogen) atoms. The second-order valence-electron chi connectivity index (χ2n) is 4.47. The topological polar surface area (TPSA) is 9.23 Å². The van der Waals surface area contributed by atoms with Crippen molar-refractivity contribution in [3.8, 4) is 0 Å². The fourth-order valence-electron chi connectivity index (χ4n) is 1.77. The Bertz CT molecular complexity index is 128. The van der Waals surface area contributed by atoms with Crippen molar-refractivity contribution in [3.63, 3.8) is 0 Å². The summed E-state index contributed by atoms with van der Waals surface area (Å²) in [6.07, 6.45) is 5.47. The Balaban J connectivity index is 4.16. The molecule has 0 rings (SSSR count). The predicted octanol–water partition coefficient (Wildman–Crippen LogP) is 3.03. The summed E-state index contributed by atoms with van der Waals surface area (Å²) < 4.78 is 6.55. The van der Waals surface area contributed by atoms with Crippen molar-refractivity contribution in [1.82, 2.24) is 0 Å². The zero-order valence-corrected chi connectivity index (χ0v) is 10.7. The molecule has 1 atom stereocenters. The van der Waals surface area contributed by atoms with Gasteiger partial charge in [-0.3, -0.25) is 0 Å². The van der Waals surface area contributed by atoms with Gasteiger partial charge in [-0.15, -0.1) is 0 Å². The predicted molar refractivity (Wildman–Crippen MR) is 62.2 cm³/mol. The van der Waals surface area contributed by atoms with E-state index in [0.29, 0.717) is 6.23 Å². The van der Waals surface area contributed by atoms with E-state index in [9.17, 15) is 0 Å². The number of rotatable bonds is 8. The summed E-state index contributed by atoms with van der Waals surface area (Å²) in [7, 11) is 4.14. The van der Waals surface area contributed by atoms with Gasteiger partial charge in [0.05, 0.1) is 20.1 Å². The summed E-state index contributed by atoms with van der Waals surface area (Å²) in [4.78, 5) is 0. The molecule has 0 bridgehead atoms. The molecule has 0 aromatic carbocycles. The van der Waals surface area contributed by atoms with Crippen LogP contribution in [0.25, 0.3) is 0 Å². The van der Waals surface area contributed by atoms with Gasteiger partial charge in [-0.1, -0.05) is 26.7 Å². The SMILES string of the molecule is CCCC[N+](C)(CCCC)C(C)OC. The minimum absolute atomic E-state index is 0.327. The highest BCUT2D eigenvalue weighted by molar-refractivity contribution is 4.44. The van der Waals surface area contributed by atoms with Crippen LogP contribution in [0, 0.1) is 0 Å². The van der Waals surface area contributed by atoms with Gasteiger partial charge < -0.3 is 9.22 Å². The fraction of sp³-hybridized carbons (Fsp3) is 1.00. The third kappa shape index (κ3) is 4.43. The van der Waals surface area contributed by atoms with Crippen LogP contribution in [0.2, 0.25) is 0 Å². The van der Waals surface area contributed by atoms with E-state index in [1.165, 1.54) is 38.8 Å². The molecular formula is C12H28NO+. The average molecular weight is 202 g/mol.